The summed E-state index contributed by atoms with van der Waals surface area (Å²) in [6.07, 6.45) is 2.04. The van der Waals surface area contributed by atoms with Crippen molar-refractivity contribution in [3.63, 3.8) is 0 Å². The molecule has 0 radical (unpaired) electrons. The molecule has 0 aromatic heterocycles. The molecule has 0 heterocycles. The van der Waals surface area contributed by atoms with Gasteiger partial charge in [-0.3, -0.25) is 4.79 Å². The van der Waals surface area contributed by atoms with E-state index in [1.54, 1.807) is 13.7 Å². The van der Waals surface area contributed by atoms with E-state index in [2.05, 4.69) is 6.92 Å². The minimum atomic E-state index is -1.73. The molecule has 0 amide bonds. The molecule has 5 heteroatoms. The summed E-state index contributed by atoms with van der Waals surface area (Å²) < 4.78 is 14.9. The highest BCUT2D eigenvalue weighted by Crippen LogP contribution is 1.91. The highest BCUT2D eigenvalue weighted by atomic mass is 28.3. The zero-order valence-electron chi connectivity index (χ0n) is 8.54. The monoisotopic (exact) mass is 206 g/mol. The first-order valence-electron chi connectivity index (χ1n) is 4.50. The summed E-state index contributed by atoms with van der Waals surface area (Å²) in [6.45, 7) is 4.53. The lowest BCUT2D eigenvalue weighted by Gasteiger charge is -2.09. The number of rotatable bonds is 7. The Balaban J connectivity index is 3.30. The van der Waals surface area contributed by atoms with Crippen molar-refractivity contribution in [3.05, 3.63) is 0 Å². The second kappa shape index (κ2) is 8.22. The van der Waals surface area contributed by atoms with Gasteiger partial charge in [0.15, 0.2) is 0 Å². The van der Waals surface area contributed by atoms with E-state index in [9.17, 15) is 4.79 Å². The van der Waals surface area contributed by atoms with Gasteiger partial charge in [0, 0.05) is 13.7 Å². The van der Waals surface area contributed by atoms with E-state index < -0.39 is 9.28 Å². The maximum atomic E-state index is 11.0. The first-order valence-corrected chi connectivity index (χ1v) is 6.60. The van der Waals surface area contributed by atoms with Crippen LogP contribution in [-0.4, -0.2) is 35.6 Å². The molecule has 4 nitrogen and oxygen atoms in total. The van der Waals surface area contributed by atoms with Gasteiger partial charge < -0.3 is 13.6 Å². The molecule has 1 atom stereocenters. The highest BCUT2D eigenvalue weighted by molar-refractivity contribution is 6.44. The molecule has 0 spiro atoms. The quantitative estimate of drug-likeness (QED) is 0.457. The van der Waals surface area contributed by atoms with Gasteiger partial charge in [-0.15, -0.1) is 0 Å². The lowest BCUT2D eigenvalue weighted by atomic mass is 10.4. The zero-order valence-corrected chi connectivity index (χ0v) is 9.69. The van der Waals surface area contributed by atoms with Crippen molar-refractivity contribution >= 4 is 15.3 Å². The minimum absolute atomic E-state index is 0.0424. The average Bonchev–Trinajstić information content (AvgIpc) is 2.12. The third kappa shape index (κ3) is 7.95. The molecule has 1 unspecified atom stereocenters. The van der Waals surface area contributed by atoms with Crippen molar-refractivity contribution in [2.45, 2.75) is 26.3 Å². The molecule has 0 rings (SSSR count). The largest absolute Gasteiger partial charge is 0.495 e. The van der Waals surface area contributed by atoms with Crippen molar-refractivity contribution in [2.24, 2.45) is 0 Å². The summed E-state index contributed by atoms with van der Waals surface area (Å²) in [5.74, 6) is -0.322. The fourth-order valence-electron chi connectivity index (χ4n) is 0.669. The number of hydrogen-bond donors (Lipinski definition) is 0. The van der Waals surface area contributed by atoms with E-state index in [0.717, 1.165) is 12.8 Å². The third-order valence-corrected chi connectivity index (χ3v) is 2.75. The molecule has 0 saturated carbocycles. The maximum Gasteiger partial charge on any atom is 0.382 e. The summed E-state index contributed by atoms with van der Waals surface area (Å²) in [7, 11) is -0.184. The van der Waals surface area contributed by atoms with E-state index >= 15 is 0 Å². The van der Waals surface area contributed by atoms with Gasteiger partial charge in [-0.2, -0.15) is 0 Å². The van der Waals surface area contributed by atoms with Gasteiger partial charge in [0.2, 0.25) is 0 Å². The van der Waals surface area contributed by atoms with Gasteiger partial charge in [0.1, 0.15) is 6.61 Å². The second-order valence-electron chi connectivity index (χ2n) is 2.70. The molecule has 0 aliphatic heterocycles. The van der Waals surface area contributed by atoms with Gasteiger partial charge in [0.05, 0.1) is 0 Å². The average molecular weight is 206 g/mol. The predicted molar refractivity (Wildman–Crippen MR) is 51.8 cm³/mol. The van der Waals surface area contributed by atoms with E-state index in [-0.39, 0.29) is 12.6 Å². The highest BCUT2D eigenvalue weighted by Gasteiger charge is 2.09. The number of ether oxygens (including phenoxy) is 1. The Hall–Kier alpha value is -0.393. The molecule has 0 aliphatic rings. The molecule has 0 aliphatic carbocycles. The van der Waals surface area contributed by atoms with Crippen LogP contribution < -0.4 is 0 Å². The number of hydrogen-bond acceptors (Lipinski definition) is 4. The van der Waals surface area contributed by atoms with Crippen molar-refractivity contribution in [1.29, 1.82) is 0 Å². The molecule has 0 saturated heterocycles. The molecular formula is C8H18O4Si. The van der Waals surface area contributed by atoms with Crippen molar-refractivity contribution < 1.29 is 18.4 Å². The Morgan fingerprint density at radius 3 is 2.69 bits per heavy atom. The van der Waals surface area contributed by atoms with Crippen LogP contribution in [0.1, 0.15) is 19.8 Å². The van der Waals surface area contributed by atoms with Gasteiger partial charge in [-0.25, -0.2) is 0 Å². The second-order valence-corrected chi connectivity index (χ2v) is 4.54. The summed E-state index contributed by atoms with van der Waals surface area (Å²) >= 11 is 0. The van der Waals surface area contributed by atoms with Crippen molar-refractivity contribution in [3.8, 4) is 0 Å². The first-order chi connectivity index (χ1) is 6.20. The van der Waals surface area contributed by atoms with E-state index in [4.69, 9.17) is 13.6 Å². The Bertz CT molecular complexity index is 140. The van der Waals surface area contributed by atoms with Crippen LogP contribution in [0.4, 0.5) is 0 Å². The third-order valence-electron chi connectivity index (χ3n) is 1.49. The van der Waals surface area contributed by atoms with Gasteiger partial charge in [-0.05, 0) is 13.0 Å². The van der Waals surface area contributed by atoms with Gasteiger partial charge in [-0.1, -0.05) is 13.3 Å². The fraction of sp³-hybridized carbons (Fsp3) is 0.875. The van der Waals surface area contributed by atoms with Gasteiger partial charge in [0.25, 0.3) is 0 Å². The molecule has 78 valence electrons. The van der Waals surface area contributed by atoms with E-state index in [1.165, 1.54) is 0 Å². The smallest absolute Gasteiger partial charge is 0.382 e. The predicted octanol–water partition coefficient (Wildman–Crippen LogP) is 0.843. The van der Waals surface area contributed by atoms with Crippen LogP contribution in [0.3, 0.4) is 0 Å². The van der Waals surface area contributed by atoms with E-state index in [1.807, 2.05) is 0 Å². The molecule has 0 N–H and O–H groups in total. The summed E-state index contributed by atoms with van der Waals surface area (Å²) in [5.41, 5.74) is 0. The first kappa shape index (κ1) is 12.6. The molecule has 13 heavy (non-hydrogen) atoms. The Morgan fingerprint density at radius 1 is 1.46 bits per heavy atom. The fourth-order valence-corrected chi connectivity index (χ4v) is 1.20. The number of carbonyl (C=O) groups is 1. The Kier molecular flexibility index (Phi) is 7.97. The Labute approximate surface area is 81.0 Å². The normalized spacial score (nSPS) is 12.5. The topological polar surface area (TPSA) is 44.8 Å². The van der Waals surface area contributed by atoms with Crippen LogP contribution >= 0.6 is 0 Å². The van der Waals surface area contributed by atoms with E-state index in [0.29, 0.717) is 6.61 Å². The lowest BCUT2D eigenvalue weighted by molar-refractivity contribution is -0.140. The summed E-state index contributed by atoms with van der Waals surface area (Å²) in [4.78, 5) is 11.0. The van der Waals surface area contributed by atoms with Crippen LogP contribution in [0, 0.1) is 0 Å². The van der Waals surface area contributed by atoms with Crippen LogP contribution in [-0.2, 0) is 18.4 Å². The summed E-state index contributed by atoms with van der Waals surface area (Å²) in [6, 6.07) is 0. The lowest BCUT2D eigenvalue weighted by Crippen LogP contribution is -2.24. The van der Waals surface area contributed by atoms with Crippen molar-refractivity contribution in [1.82, 2.24) is 0 Å². The molecule has 0 bridgehead atoms. The summed E-state index contributed by atoms with van der Waals surface area (Å²) in [5, 5.41) is 0. The molecule has 0 aromatic rings. The Morgan fingerprint density at radius 2 is 2.15 bits per heavy atom. The zero-order chi connectivity index (χ0) is 10.1. The SMILES string of the molecule is CCCCOCC(=O)O[SiH](C)OC. The van der Waals surface area contributed by atoms with Crippen LogP contribution in [0.15, 0.2) is 0 Å². The van der Waals surface area contributed by atoms with Crippen LogP contribution in [0.25, 0.3) is 0 Å². The maximum absolute atomic E-state index is 11.0. The standard InChI is InChI=1S/C8H18O4Si/c1-4-5-6-11-7-8(9)12-13(3)10-2/h13H,4-7H2,1-3H3. The van der Waals surface area contributed by atoms with Crippen LogP contribution in [0.2, 0.25) is 6.55 Å². The molecular weight excluding hydrogens is 188 g/mol. The van der Waals surface area contributed by atoms with Crippen LogP contribution in [0.5, 0.6) is 0 Å². The van der Waals surface area contributed by atoms with Crippen molar-refractivity contribution in [2.75, 3.05) is 20.3 Å². The number of unbranched alkanes of at least 4 members (excludes halogenated alkanes) is 1. The molecule has 0 fully saturated rings. The minimum Gasteiger partial charge on any atom is -0.495 e. The molecule has 0 aromatic carbocycles. The van der Waals surface area contributed by atoms with Gasteiger partial charge >= 0.3 is 15.3 Å². The number of carbonyl (C=O) groups excluding carboxylic acids is 1.